The second-order valence-corrected chi connectivity index (χ2v) is 11.0. The molecule has 0 radical (unpaired) electrons. The summed E-state index contributed by atoms with van der Waals surface area (Å²) in [5.74, 6) is 0.951. The molecule has 1 saturated heterocycles. The molecule has 1 unspecified atom stereocenters. The molecule has 4 aromatic rings. The number of rotatable bonds is 11. The fourth-order valence-electron chi connectivity index (χ4n) is 5.16. The molecule has 1 aromatic heterocycles. The molecule has 0 saturated carbocycles. The zero-order valence-electron chi connectivity index (χ0n) is 25.0. The molecule has 0 bridgehead atoms. The number of aromatic nitrogens is 2. The predicted molar refractivity (Wildman–Crippen MR) is 168 cm³/mol. The van der Waals surface area contributed by atoms with Gasteiger partial charge in [0, 0.05) is 44.2 Å². The Morgan fingerprint density at radius 1 is 0.886 bits per heavy atom. The Balaban J connectivity index is 1.20. The van der Waals surface area contributed by atoms with Gasteiger partial charge in [-0.1, -0.05) is 55.8 Å². The van der Waals surface area contributed by atoms with E-state index in [2.05, 4.69) is 21.8 Å². The maximum atomic E-state index is 13.0. The zero-order valence-corrected chi connectivity index (χ0v) is 25.0. The van der Waals surface area contributed by atoms with Gasteiger partial charge in [0.25, 0.3) is 5.91 Å². The second kappa shape index (κ2) is 13.5. The molecular formula is C34H37N5O5. The molecule has 5 rings (SSSR count). The van der Waals surface area contributed by atoms with Crippen LogP contribution in [-0.4, -0.2) is 63.6 Å². The molecule has 1 amide bonds. The average molecular weight is 596 g/mol. The first-order chi connectivity index (χ1) is 21.2. The van der Waals surface area contributed by atoms with Crippen molar-refractivity contribution >= 4 is 23.6 Å². The quantitative estimate of drug-likeness (QED) is 0.239. The van der Waals surface area contributed by atoms with Crippen LogP contribution in [0.15, 0.2) is 84.9 Å². The van der Waals surface area contributed by atoms with E-state index in [1.807, 2.05) is 35.2 Å². The van der Waals surface area contributed by atoms with Crippen molar-refractivity contribution in [2.24, 2.45) is 0 Å². The monoisotopic (exact) mass is 595 g/mol. The average Bonchev–Trinajstić information content (AvgIpc) is 3.02. The Hall–Kier alpha value is -5.12. The summed E-state index contributed by atoms with van der Waals surface area (Å²) in [5, 5.41) is 9.88. The summed E-state index contributed by atoms with van der Waals surface area (Å²) in [6.45, 7) is 6.00. The lowest BCUT2D eigenvalue weighted by Crippen LogP contribution is -2.49. The van der Waals surface area contributed by atoms with Gasteiger partial charge in [-0.2, -0.15) is 9.97 Å². The number of aliphatic carboxylic acids is 1. The number of anilines is 2. The predicted octanol–water partition coefficient (Wildman–Crippen LogP) is 5.23. The van der Waals surface area contributed by atoms with Gasteiger partial charge in [-0.15, -0.1) is 0 Å². The SMILES string of the molecule is CCCc1ccc(C(=O)N2CCN(c3cc(Oc4ccc(CC(C)(Oc5ccccc5)C(=O)O)cc4)nc(N)n3)CC2)cc1. The number of benzene rings is 3. The smallest absolute Gasteiger partial charge is 0.348 e. The Kier molecular flexibility index (Phi) is 9.28. The first-order valence-corrected chi connectivity index (χ1v) is 14.7. The van der Waals surface area contributed by atoms with Crippen LogP contribution in [0.25, 0.3) is 0 Å². The van der Waals surface area contributed by atoms with Crippen molar-refractivity contribution in [1.29, 1.82) is 0 Å². The number of piperazine rings is 1. The van der Waals surface area contributed by atoms with Gasteiger partial charge in [0.2, 0.25) is 17.4 Å². The number of carbonyl (C=O) groups excluding carboxylic acids is 1. The third-order valence-corrected chi connectivity index (χ3v) is 7.56. The number of aryl methyl sites for hydroxylation is 1. The van der Waals surface area contributed by atoms with E-state index >= 15 is 0 Å². The molecule has 10 heteroatoms. The molecular weight excluding hydrogens is 558 g/mol. The first-order valence-electron chi connectivity index (χ1n) is 14.7. The van der Waals surface area contributed by atoms with Gasteiger partial charge in [0.05, 0.1) is 0 Å². The summed E-state index contributed by atoms with van der Waals surface area (Å²) in [6.07, 6.45) is 2.23. The molecule has 10 nitrogen and oxygen atoms in total. The topological polar surface area (TPSA) is 131 Å². The van der Waals surface area contributed by atoms with Crippen molar-refractivity contribution in [3.8, 4) is 17.4 Å². The number of carboxylic acids is 1. The van der Waals surface area contributed by atoms with Gasteiger partial charge in [0.15, 0.2) is 0 Å². The molecule has 228 valence electrons. The molecule has 0 aliphatic carbocycles. The fourth-order valence-corrected chi connectivity index (χ4v) is 5.16. The molecule has 3 aromatic carbocycles. The molecule has 1 fully saturated rings. The molecule has 2 heterocycles. The minimum atomic E-state index is -1.45. The summed E-state index contributed by atoms with van der Waals surface area (Å²) in [6, 6.07) is 25.6. The lowest BCUT2D eigenvalue weighted by Gasteiger charge is -2.35. The van der Waals surface area contributed by atoms with Crippen molar-refractivity contribution in [2.75, 3.05) is 36.8 Å². The maximum absolute atomic E-state index is 13.0. The maximum Gasteiger partial charge on any atom is 0.348 e. The van der Waals surface area contributed by atoms with Crippen molar-refractivity contribution in [2.45, 2.75) is 38.7 Å². The highest BCUT2D eigenvalue weighted by molar-refractivity contribution is 5.94. The number of amides is 1. The number of hydrogen-bond donors (Lipinski definition) is 2. The minimum absolute atomic E-state index is 0.0256. The van der Waals surface area contributed by atoms with E-state index in [1.165, 1.54) is 5.56 Å². The molecule has 44 heavy (non-hydrogen) atoms. The Morgan fingerprint density at radius 3 is 2.18 bits per heavy atom. The largest absolute Gasteiger partial charge is 0.478 e. The number of nitrogen functional groups attached to an aromatic ring is 1. The number of ether oxygens (including phenoxy) is 2. The number of nitrogens with zero attached hydrogens (tertiary/aromatic N) is 4. The van der Waals surface area contributed by atoms with Gasteiger partial charge in [-0.05, 0) is 60.9 Å². The highest BCUT2D eigenvalue weighted by atomic mass is 16.5. The highest BCUT2D eigenvalue weighted by Crippen LogP contribution is 2.27. The number of carboxylic acid groups (broad SMARTS) is 1. The van der Waals surface area contributed by atoms with Crippen LogP contribution in [0.4, 0.5) is 11.8 Å². The van der Waals surface area contributed by atoms with Crippen molar-refractivity contribution in [3.63, 3.8) is 0 Å². The van der Waals surface area contributed by atoms with E-state index in [4.69, 9.17) is 15.2 Å². The highest BCUT2D eigenvalue weighted by Gasteiger charge is 2.36. The van der Waals surface area contributed by atoms with Gasteiger partial charge in [-0.3, -0.25) is 4.79 Å². The van der Waals surface area contributed by atoms with Crippen LogP contribution in [0, 0.1) is 0 Å². The third-order valence-electron chi connectivity index (χ3n) is 7.56. The van der Waals surface area contributed by atoms with Crippen molar-refractivity contribution in [1.82, 2.24) is 14.9 Å². The Bertz CT molecular complexity index is 1570. The molecule has 3 N–H and O–H groups in total. The lowest BCUT2D eigenvalue weighted by molar-refractivity contribution is -0.153. The van der Waals surface area contributed by atoms with Crippen molar-refractivity contribution in [3.05, 3.63) is 102 Å². The fraction of sp³-hybridized carbons (Fsp3) is 0.294. The standard InChI is InChI=1S/C34H37N5O5/c1-3-7-24-10-14-26(15-11-24)31(40)39-20-18-38(19-21-39)29-22-30(37-33(35)36-29)43-27-16-12-25(13-17-27)23-34(2,32(41)42)44-28-8-5-4-6-9-28/h4-6,8-17,22H,3,7,18-21,23H2,1-2H3,(H,41,42)(H2,35,36,37). The number of hydrogen-bond acceptors (Lipinski definition) is 8. The summed E-state index contributed by atoms with van der Waals surface area (Å²) in [5.41, 5.74) is 7.28. The van der Waals surface area contributed by atoms with E-state index in [1.54, 1.807) is 61.5 Å². The van der Waals surface area contributed by atoms with E-state index < -0.39 is 11.6 Å². The lowest BCUT2D eigenvalue weighted by atomic mass is 9.96. The van der Waals surface area contributed by atoms with Crippen LogP contribution in [0.2, 0.25) is 0 Å². The van der Waals surface area contributed by atoms with Crippen LogP contribution in [-0.2, 0) is 17.6 Å². The molecule has 1 atom stereocenters. The second-order valence-electron chi connectivity index (χ2n) is 11.0. The van der Waals surface area contributed by atoms with Crippen LogP contribution in [0.1, 0.15) is 41.8 Å². The number of carbonyl (C=O) groups is 2. The minimum Gasteiger partial charge on any atom is -0.478 e. The summed E-state index contributed by atoms with van der Waals surface area (Å²) in [7, 11) is 0. The van der Waals surface area contributed by atoms with Gasteiger partial charge >= 0.3 is 5.97 Å². The Morgan fingerprint density at radius 2 is 1.55 bits per heavy atom. The number of nitrogens with two attached hydrogens (primary N) is 1. The van der Waals surface area contributed by atoms with Gasteiger partial charge < -0.3 is 30.1 Å². The first kappa shape index (κ1) is 30.3. The van der Waals surface area contributed by atoms with E-state index in [-0.39, 0.29) is 24.2 Å². The van der Waals surface area contributed by atoms with Crippen LogP contribution >= 0.6 is 0 Å². The van der Waals surface area contributed by atoms with Crippen molar-refractivity contribution < 1.29 is 24.2 Å². The molecule has 1 aliphatic heterocycles. The Labute approximate surface area is 257 Å². The van der Waals surface area contributed by atoms with E-state index in [0.29, 0.717) is 49.1 Å². The zero-order chi connectivity index (χ0) is 31.1. The van der Waals surface area contributed by atoms with Crippen LogP contribution in [0.5, 0.6) is 17.4 Å². The summed E-state index contributed by atoms with van der Waals surface area (Å²) >= 11 is 0. The number of para-hydroxylation sites is 1. The van der Waals surface area contributed by atoms with E-state index in [0.717, 1.165) is 18.4 Å². The van der Waals surface area contributed by atoms with E-state index in [9.17, 15) is 14.7 Å². The van der Waals surface area contributed by atoms with Crippen LogP contribution in [0.3, 0.4) is 0 Å². The summed E-state index contributed by atoms with van der Waals surface area (Å²) < 4.78 is 11.8. The molecule has 1 aliphatic rings. The summed E-state index contributed by atoms with van der Waals surface area (Å²) in [4.78, 5) is 37.7. The molecule has 0 spiro atoms. The normalized spacial score (nSPS) is 14.5. The van der Waals surface area contributed by atoms with Gasteiger partial charge in [-0.25, -0.2) is 4.79 Å². The van der Waals surface area contributed by atoms with Crippen LogP contribution < -0.4 is 20.1 Å². The van der Waals surface area contributed by atoms with Gasteiger partial charge in [0.1, 0.15) is 17.3 Å². The third kappa shape index (κ3) is 7.44.